The van der Waals surface area contributed by atoms with Crippen molar-refractivity contribution < 1.29 is 9.53 Å². The molecule has 0 bridgehead atoms. The van der Waals surface area contributed by atoms with Crippen molar-refractivity contribution in [2.45, 2.75) is 57.5 Å². The van der Waals surface area contributed by atoms with E-state index in [9.17, 15) is 4.79 Å². The van der Waals surface area contributed by atoms with Crippen LogP contribution >= 0.6 is 0 Å². The summed E-state index contributed by atoms with van der Waals surface area (Å²) in [6.45, 7) is 5.68. The summed E-state index contributed by atoms with van der Waals surface area (Å²) in [6, 6.07) is 8.48. The number of ether oxygens (including phenoxy) is 1. The standard InChI is InChI=1S/C21H33N3O2/c1-17(21(25)22-18-9-5-3-4-6-10-18)23-13-15-24(16-14-23)19-11-7-8-12-20(19)26-2/h7-8,11-12,17-18H,3-6,9-10,13-16H2,1-2H3,(H,22,25)/t17-/m0/s1. The highest BCUT2D eigenvalue weighted by Crippen LogP contribution is 2.28. The lowest BCUT2D eigenvalue weighted by atomic mass is 10.1. The van der Waals surface area contributed by atoms with Crippen molar-refractivity contribution in [3.8, 4) is 5.75 Å². The number of rotatable bonds is 5. The number of nitrogens with zero attached hydrogens (tertiary/aromatic N) is 2. The molecule has 1 aromatic rings. The van der Waals surface area contributed by atoms with E-state index in [0.29, 0.717) is 6.04 Å². The summed E-state index contributed by atoms with van der Waals surface area (Å²) in [7, 11) is 1.72. The van der Waals surface area contributed by atoms with E-state index in [0.717, 1.165) is 50.5 Å². The van der Waals surface area contributed by atoms with E-state index in [2.05, 4.69) is 21.2 Å². The number of piperazine rings is 1. The van der Waals surface area contributed by atoms with Crippen LogP contribution in [0.1, 0.15) is 45.4 Å². The van der Waals surface area contributed by atoms with Gasteiger partial charge in [-0.1, -0.05) is 37.8 Å². The van der Waals surface area contributed by atoms with Crippen LogP contribution in [-0.2, 0) is 4.79 Å². The first-order valence-electron chi connectivity index (χ1n) is 10.1. The van der Waals surface area contributed by atoms with E-state index < -0.39 is 0 Å². The number of methoxy groups -OCH3 is 1. The van der Waals surface area contributed by atoms with Gasteiger partial charge in [0.15, 0.2) is 0 Å². The molecule has 1 amide bonds. The highest BCUT2D eigenvalue weighted by atomic mass is 16.5. The molecule has 1 N–H and O–H groups in total. The van der Waals surface area contributed by atoms with E-state index in [1.807, 2.05) is 25.1 Å². The zero-order valence-corrected chi connectivity index (χ0v) is 16.2. The Bertz CT molecular complexity index is 576. The molecule has 26 heavy (non-hydrogen) atoms. The predicted octanol–water partition coefficient (Wildman–Crippen LogP) is 3.04. The SMILES string of the molecule is COc1ccccc1N1CCN([C@@H](C)C(=O)NC2CCCCCC2)CC1. The summed E-state index contributed by atoms with van der Waals surface area (Å²) in [5.41, 5.74) is 1.14. The Morgan fingerprint density at radius 3 is 2.38 bits per heavy atom. The lowest BCUT2D eigenvalue weighted by Gasteiger charge is -2.39. The lowest BCUT2D eigenvalue weighted by Crippen LogP contribution is -2.55. The molecule has 0 radical (unpaired) electrons. The van der Waals surface area contributed by atoms with Crippen molar-refractivity contribution in [3.05, 3.63) is 24.3 Å². The third kappa shape index (κ3) is 4.70. The third-order valence-corrected chi connectivity index (χ3v) is 5.87. The van der Waals surface area contributed by atoms with Crippen LogP contribution in [0, 0.1) is 0 Å². The highest BCUT2D eigenvalue weighted by molar-refractivity contribution is 5.81. The Labute approximate surface area is 157 Å². The molecule has 2 fully saturated rings. The van der Waals surface area contributed by atoms with Crippen molar-refractivity contribution in [1.82, 2.24) is 10.2 Å². The van der Waals surface area contributed by atoms with Crippen molar-refractivity contribution in [1.29, 1.82) is 0 Å². The van der Waals surface area contributed by atoms with Gasteiger partial charge in [-0.15, -0.1) is 0 Å². The summed E-state index contributed by atoms with van der Waals surface area (Å²) in [4.78, 5) is 17.3. The first kappa shape index (κ1) is 19.0. The number of carbonyl (C=O) groups is 1. The minimum Gasteiger partial charge on any atom is -0.495 e. The normalized spacial score (nSPS) is 21.1. The molecule has 0 unspecified atom stereocenters. The zero-order valence-electron chi connectivity index (χ0n) is 16.2. The summed E-state index contributed by atoms with van der Waals surface area (Å²) in [5.74, 6) is 1.11. The van der Waals surface area contributed by atoms with Crippen LogP contribution < -0.4 is 15.0 Å². The fourth-order valence-electron chi connectivity index (χ4n) is 4.15. The maximum Gasteiger partial charge on any atom is 0.237 e. The van der Waals surface area contributed by atoms with Crippen LogP contribution in [0.3, 0.4) is 0 Å². The molecule has 1 aliphatic carbocycles. The van der Waals surface area contributed by atoms with E-state index >= 15 is 0 Å². The first-order chi connectivity index (χ1) is 12.7. The minimum absolute atomic E-state index is 0.0573. The molecule has 1 saturated carbocycles. The summed E-state index contributed by atoms with van der Waals surface area (Å²) in [6.07, 6.45) is 7.40. The summed E-state index contributed by atoms with van der Waals surface area (Å²) < 4.78 is 5.49. The van der Waals surface area contributed by atoms with Gasteiger partial charge in [-0.05, 0) is 31.9 Å². The average molecular weight is 360 g/mol. The van der Waals surface area contributed by atoms with Crippen molar-refractivity contribution in [2.75, 3.05) is 38.2 Å². The first-order valence-corrected chi connectivity index (χ1v) is 10.1. The number of para-hydroxylation sites is 2. The van der Waals surface area contributed by atoms with Crippen LogP contribution in [0.2, 0.25) is 0 Å². The molecule has 144 valence electrons. The fraction of sp³-hybridized carbons (Fsp3) is 0.667. The van der Waals surface area contributed by atoms with Crippen molar-refractivity contribution >= 4 is 11.6 Å². The molecule has 1 heterocycles. The molecule has 2 aliphatic rings. The van der Waals surface area contributed by atoms with Crippen LogP contribution in [-0.4, -0.2) is 56.2 Å². The van der Waals surface area contributed by atoms with Gasteiger partial charge in [0.25, 0.3) is 0 Å². The second-order valence-electron chi connectivity index (χ2n) is 7.57. The summed E-state index contributed by atoms with van der Waals surface area (Å²) in [5, 5.41) is 3.30. The Morgan fingerprint density at radius 1 is 1.08 bits per heavy atom. The van der Waals surface area contributed by atoms with Gasteiger partial charge in [-0.2, -0.15) is 0 Å². The Hall–Kier alpha value is -1.75. The van der Waals surface area contributed by atoms with Crippen LogP contribution in [0.15, 0.2) is 24.3 Å². The molecule has 1 saturated heterocycles. The highest BCUT2D eigenvalue weighted by Gasteiger charge is 2.27. The smallest absolute Gasteiger partial charge is 0.237 e. The zero-order chi connectivity index (χ0) is 18.4. The minimum atomic E-state index is -0.0573. The van der Waals surface area contributed by atoms with E-state index in [-0.39, 0.29) is 11.9 Å². The van der Waals surface area contributed by atoms with Crippen LogP contribution in [0.4, 0.5) is 5.69 Å². The maximum atomic E-state index is 12.7. The predicted molar refractivity (Wildman–Crippen MR) is 106 cm³/mol. The molecule has 1 atom stereocenters. The van der Waals surface area contributed by atoms with Crippen LogP contribution in [0.5, 0.6) is 5.75 Å². The molecular formula is C21H33N3O2. The molecule has 5 nitrogen and oxygen atoms in total. The number of nitrogens with one attached hydrogen (secondary N) is 1. The molecule has 3 rings (SSSR count). The van der Waals surface area contributed by atoms with Crippen molar-refractivity contribution in [2.24, 2.45) is 0 Å². The topological polar surface area (TPSA) is 44.8 Å². The lowest BCUT2D eigenvalue weighted by molar-refractivity contribution is -0.126. The monoisotopic (exact) mass is 359 g/mol. The van der Waals surface area contributed by atoms with E-state index in [1.165, 1.54) is 25.7 Å². The van der Waals surface area contributed by atoms with Gasteiger partial charge in [0.2, 0.25) is 5.91 Å². The van der Waals surface area contributed by atoms with Gasteiger partial charge in [0.1, 0.15) is 5.75 Å². The number of benzene rings is 1. The second-order valence-corrected chi connectivity index (χ2v) is 7.57. The number of amides is 1. The quantitative estimate of drug-likeness (QED) is 0.821. The number of anilines is 1. The van der Waals surface area contributed by atoms with Gasteiger partial charge < -0.3 is 15.0 Å². The number of hydrogen-bond donors (Lipinski definition) is 1. The number of hydrogen-bond acceptors (Lipinski definition) is 4. The second kappa shape index (κ2) is 9.26. The third-order valence-electron chi connectivity index (χ3n) is 5.87. The molecule has 5 heteroatoms. The molecule has 0 spiro atoms. The van der Waals surface area contributed by atoms with Gasteiger partial charge >= 0.3 is 0 Å². The van der Waals surface area contributed by atoms with Gasteiger partial charge in [-0.3, -0.25) is 9.69 Å². The van der Waals surface area contributed by atoms with Crippen LogP contribution in [0.25, 0.3) is 0 Å². The number of carbonyl (C=O) groups excluding carboxylic acids is 1. The van der Waals surface area contributed by atoms with Gasteiger partial charge in [0, 0.05) is 32.2 Å². The molecular weight excluding hydrogens is 326 g/mol. The Balaban J connectivity index is 1.51. The van der Waals surface area contributed by atoms with E-state index in [4.69, 9.17) is 4.74 Å². The Kier molecular flexibility index (Phi) is 6.78. The Morgan fingerprint density at radius 2 is 1.73 bits per heavy atom. The maximum absolute atomic E-state index is 12.7. The van der Waals surface area contributed by atoms with E-state index in [1.54, 1.807) is 7.11 Å². The van der Waals surface area contributed by atoms with Gasteiger partial charge in [0.05, 0.1) is 18.8 Å². The molecule has 0 aromatic heterocycles. The average Bonchev–Trinajstić information content (AvgIpc) is 2.96. The van der Waals surface area contributed by atoms with Crippen molar-refractivity contribution in [3.63, 3.8) is 0 Å². The largest absolute Gasteiger partial charge is 0.495 e. The molecule has 1 aromatic carbocycles. The van der Waals surface area contributed by atoms with Gasteiger partial charge in [-0.25, -0.2) is 0 Å². The summed E-state index contributed by atoms with van der Waals surface area (Å²) >= 11 is 0. The molecule has 1 aliphatic heterocycles. The fourth-order valence-corrected chi connectivity index (χ4v) is 4.15.